The SMILES string of the molecule is CC(C)(C)NC(=O)NC(=O)CSc1cccc(N)c1. The lowest BCUT2D eigenvalue weighted by atomic mass is 10.1. The largest absolute Gasteiger partial charge is 0.399 e. The lowest BCUT2D eigenvalue weighted by Gasteiger charge is -2.20. The standard InChI is InChI=1S/C13H19N3O2S/c1-13(2,3)16-12(18)15-11(17)8-19-10-6-4-5-9(14)7-10/h4-7H,8,14H2,1-3H3,(H2,15,16,17,18). The van der Waals surface area contributed by atoms with Gasteiger partial charge in [-0.3, -0.25) is 10.1 Å². The summed E-state index contributed by atoms with van der Waals surface area (Å²) in [5.41, 5.74) is 5.92. The van der Waals surface area contributed by atoms with Crippen molar-refractivity contribution >= 4 is 29.4 Å². The maximum atomic E-state index is 11.6. The molecule has 0 bridgehead atoms. The summed E-state index contributed by atoms with van der Waals surface area (Å²) in [4.78, 5) is 23.9. The maximum absolute atomic E-state index is 11.6. The number of thioether (sulfide) groups is 1. The van der Waals surface area contributed by atoms with Crippen LogP contribution in [0.5, 0.6) is 0 Å². The summed E-state index contributed by atoms with van der Waals surface area (Å²) in [6.07, 6.45) is 0. The van der Waals surface area contributed by atoms with Crippen molar-refractivity contribution in [3.05, 3.63) is 24.3 Å². The highest BCUT2D eigenvalue weighted by Crippen LogP contribution is 2.19. The van der Waals surface area contributed by atoms with Crippen LogP contribution in [-0.2, 0) is 4.79 Å². The molecule has 1 aromatic rings. The molecule has 104 valence electrons. The van der Waals surface area contributed by atoms with E-state index >= 15 is 0 Å². The third-order valence-electron chi connectivity index (χ3n) is 1.97. The molecule has 6 heteroatoms. The van der Waals surface area contributed by atoms with Gasteiger partial charge in [-0.2, -0.15) is 0 Å². The van der Waals surface area contributed by atoms with Crippen LogP contribution in [0.3, 0.4) is 0 Å². The number of amides is 3. The Hall–Kier alpha value is -1.69. The number of hydrogen-bond acceptors (Lipinski definition) is 4. The lowest BCUT2D eigenvalue weighted by molar-refractivity contribution is -0.117. The van der Waals surface area contributed by atoms with E-state index in [-0.39, 0.29) is 17.2 Å². The van der Waals surface area contributed by atoms with Crippen molar-refractivity contribution in [3.8, 4) is 0 Å². The number of hydrogen-bond donors (Lipinski definition) is 3. The summed E-state index contributed by atoms with van der Waals surface area (Å²) in [6.45, 7) is 5.54. The average Bonchev–Trinajstić information content (AvgIpc) is 2.23. The van der Waals surface area contributed by atoms with Crippen LogP contribution in [0.15, 0.2) is 29.2 Å². The van der Waals surface area contributed by atoms with Gasteiger partial charge < -0.3 is 11.1 Å². The number of benzene rings is 1. The van der Waals surface area contributed by atoms with Gasteiger partial charge in [-0.1, -0.05) is 6.07 Å². The fourth-order valence-corrected chi connectivity index (χ4v) is 2.05. The van der Waals surface area contributed by atoms with E-state index in [0.717, 1.165) is 4.90 Å². The van der Waals surface area contributed by atoms with Crippen LogP contribution in [0.1, 0.15) is 20.8 Å². The zero-order valence-electron chi connectivity index (χ0n) is 11.3. The first-order valence-electron chi connectivity index (χ1n) is 5.86. The smallest absolute Gasteiger partial charge is 0.321 e. The lowest BCUT2D eigenvalue weighted by Crippen LogP contribution is -2.48. The monoisotopic (exact) mass is 281 g/mol. The average molecular weight is 281 g/mol. The summed E-state index contributed by atoms with van der Waals surface area (Å²) in [6, 6.07) is 6.77. The van der Waals surface area contributed by atoms with Gasteiger partial charge in [-0.05, 0) is 39.0 Å². The summed E-state index contributed by atoms with van der Waals surface area (Å²) >= 11 is 1.33. The zero-order valence-corrected chi connectivity index (χ0v) is 12.1. The molecule has 0 unspecified atom stereocenters. The number of nitrogens with two attached hydrogens (primary N) is 1. The van der Waals surface area contributed by atoms with Crippen LogP contribution in [0.25, 0.3) is 0 Å². The maximum Gasteiger partial charge on any atom is 0.321 e. The van der Waals surface area contributed by atoms with E-state index in [4.69, 9.17) is 5.73 Å². The predicted octanol–water partition coefficient (Wildman–Crippen LogP) is 1.99. The van der Waals surface area contributed by atoms with Crippen molar-refractivity contribution in [1.82, 2.24) is 10.6 Å². The van der Waals surface area contributed by atoms with Crippen molar-refractivity contribution in [2.24, 2.45) is 0 Å². The van der Waals surface area contributed by atoms with Gasteiger partial charge in [0.05, 0.1) is 5.75 Å². The molecule has 0 spiro atoms. The van der Waals surface area contributed by atoms with E-state index in [1.807, 2.05) is 32.9 Å². The molecule has 0 aliphatic carbocycles. The third-order valence-corrected chi connectivity index (χ3v) is 2.96. The fourth-order valence-electron chi connectivity index (χ4n) is 1.29. The minimum Gasteiger partial charge on any atom is -0.399 e. The van der Waals surface area contributed by atoms with E-state index in [1.165, 1.54) is 11.8 Å². The Balaban J connectivity index is 2.38. The molecule has 4 N–H and O–H groups in total. The minimum absolute atomic E-state index is 0.168. The van der Waals surface area contributed by atoms with Crippen LogP contribution in [-0.4, -0.2) is 23.2 Å². The Labute approximate surface area is 117 Å². The van der Waals surface area contributed by atoms with Crippen molar-refractivity contribution < 1.29 is 9.59 Å². The molecule has 5 nitrogen and oxygen atoms in total. The van der Waals surface area contributed by atoms with Gasteiger partial charge in [0, 0.05) is 16.1 Å². The number of imide groups is 1. The van der Waals surface area contributed by atoms with Crippen LogP contribution in [0.2, 0.25) is 0 Å². The Morgan fingerprint density at radius 1 is 1.32 bits per heavy atom. The van der Waals surface area contributed by atoms with Gasteiger partial charge in [0.1, 0.15) is 0 Å². The molecular weight excluding hydrogens is 262 g/mol. The van der Waals surface area contributed by atoms with Crippen LogP contribution in [0.4, 0.5) is 10.5 Å². The van der Waals surface area contributed by atoms with E-state index in [9.17, 15) is 9.59 Å². The number of rotatable bonds is 3. The first-order chi connectivity index (χ1) is 8.76. The van der Waals surface area contributed by atoms with Gasteiger partial charge in [-0.15, -0.1) is 11.8 Å². The summed E-state index contributed by atoms with van der Waals surface area (Å²) in [7, 11) is 0. The molecule has 0 radical (unpaired) electrons. The van der Waals surface area contributed by atoms with Crippen LogP contribution in [0, 0.1) is 0 Å². The summed E-state index contributed by atoms with van der Waals surface area (Å²) in [5, 5.41) is 4.94. The second-order valence-electron chi connectivity index (χ2n) is 5.11. The van der Waals surface area contributed by atoms with Crippen LogP contribution < -0.4 is 16.4 Å². The predicted molar refractivity (Wildman–Crippen MR) is 78.0 cm³/mol. The van der Waals surface area contributed by atoms with E-state index in [1.54, 1.807) is 12.1 Å². The highest BCUT2D eigenvalue weighted by atomic mass is 32.2. The van der Waals surface area contributed by atoms with Crippen molar-refractivity contribution in [1.29, 1.82) is 0 Å². The second-order valence-corrected chi connectivity index (χ2v) is 6.16. The Morgan fingerprint density at radius 2 is 2.00 bits per heavy atom. The molecule has 0 aliphatic heterocycles. The van der Waals surface area contributed by atoms with Gasteiger partial charge in [0.2, 0.25) is 5.91 Å². The van der Waals surface area contributed by atoms with E-state index < -0.39 is 6.03 Å². The molecule has 1 rings (SSSR count). The fraction of sp³-hybridized carbons (Fsp3) is 0.385. The molecule has 0 saturated carbocycles. The zero-order chi connectivity index (χ0) is 14.5. The van der Waals surface area contributed by atoms with Gasteiger partial charge in [-0.25, -0.2) is 4.79 Å². The minimum atomic E-state index is -0.481. The van der Waals surface area contributed by atoms with Gasteiger partial charge >= 0.3 is 6.03 Å². The van der Waals surface area contributed by atoms with Crippen molar-refractivity contribution in [2.45, 2.75) is 31.2 Å². The van der Waals surface area contributed by atoms with Gasteiger partial charge in [0.25, 0.3) is 0 Å². The van der Waals surface area contributed by atoms with Crippen molar-refractivity contribution in [3.63, 3.8) is 0 Å². The molecule has 0 saturated heterocycles. The number of nitrogens with one attached hydrogen (secondary N) is 2. The highest BCUT2D eigenvalue weighted by Gasteiger charge is 2.15. The number of carbonyl (C=O) groups is 2. The molecule has 3 amide bonds. The molecule has 1 aromatic carbocycles. The van der Waals surface area contributed by atoms with Crippen molar-refractivity contribution in [2.75, 3.05) is 11.5 Å². The summed E-state index contributed by atoms with van der Waals surface area (Å²) < 4.78 is 0. The molecule has 0 atom stereocenters. The Morgan fingerprint density at radius 3 is 2.58 bits per heavy atom. The normalized spacial score (nSPS) is 10.9. The van der Waals surface area contributed by atoms with E-state index in [0.29, 0.717) is 5.69 Å². The number of anilines is 1. The topological polar surface area (TPSA) is 84.2 Å². The molecule has 0 heterocycles. The van der Waals surface area contributed by atoms with Crippen LogP contribution >= 0.6 is 11.8 Å². The molecule has 0 fully saturated rings. The molecule has 0 aliphatic rings. The number of urea groups is 1. The molecule has 0 aromatic heterocycles. The first kappa shape index (κ1) is 15.4. The summed E-state index contributed by atoms with van der Waals surface area (Å²) in [5.74, 6) is -0.171. The molecular formula is C13H19N3O2S. The van der Waals surface area contributed by atoms with E-state index in [2.05, 4.69) is 10.6 Å². The highest BCUT2D eigenvalue weighted by molar-refractivity contribution is 8.00. The number of nitrogen functional groups attached to an aromatic ring is 1. The molecule has 19 heavy (non-hydrogen) atoms. The number of carbonyl (C=O) groups excluding carboxylic acids is 2. The van der Waals surface area contributed by atoms with Gasteiger partial charge in [0.15, 0.2) is 0 Å². The quantitative estimate of drug-likeness (QED) is 0.584. The first-order valence-corrected chi connectivity index (χ1v) is 6.85. The Kier molecular flexibility index (Phi) is 5.23. The third kappa shape index (κ3) is 6.71. The Bertz CT molecular complexity index is 469. The second kappa shape index (κ2) is 6.47.